The Balaban J connectivity index is 1.80. The Hall–Kier alpha value is -2.66. The van der Waals surface area contributed by atoms with Crippen molar-refractivity contribution in [1.82, 2.24) is 19.7 Å². The zero-order valence-electron chi connectivity index (χ0n) is 16.5. The van der Waals surface area contributed by atoms with Crippen LogP contribution in [0.1, 0.15) is 41.4 Å². The van der Waals surface area contributed by atoms with Gasteiger partial charge in [-0.3, -0.25) is 0 Å². The second kappa shape index (κ2) is 7.40. The van der Waals surface area contributed by atoms with Gasteiger partial charge < -0.3 is 9.09 Å². The van der Waals surface area contributed by atoms with Gasteiger partial charge >= 0.3 is 0 Å². The van der Waals surface area contributed by atoms with Crippen molar-refractivity contribution >= 4 is 22.8 Å². The summed E-state index contributed by atoms with van der Waals surface area (Å²) in [6.45, 7) is 8.08. The van der Waals surface area contributed by atoms with Gasteiger partial charge in [-0.15, -0.1) is 11.6 Å². The van der Waals surface area contributed by atoms with Gasteiger partial charge in [0.1, 0.15) is 11.6 Å². The molecular weight excluding hydrogens is 372 g/mol. The largest absolute Gasteiger partial charge is 0.361 e. The van der Waals surface area contributed by atoms with Crippen LogP contribution in [0.3, 0.4) is 0 Å². The molecule has 144 valence electrons. The van der Waals surface area contributed by atoms with Gasteiger partial charge in [-0.05, 0) is 51.3 Å². The van der Waals surface area contributed by atoms with Crippen molar-refractivity contribution in [3.63, 3.8) is 0 Å². The molecule has 6 heteroatoms. The van der Waals surface area contributed by atoms with Crippen LogP contribution in [0.25, 0.3) is 22.3 Å². The van der Waals surface area contributed by atoms with Gasteiger partial charge in [0.15, 0.2) is 5.65 Å². The zero-order valence-corrected chi connectivity index (χ0v) is 17.3. The molecule has 0 aliphatic heterocycles. The Morgan fingerprint density at radius 1 is 1.14 bits per heavy atom. The summed E-state index contributed by atoms with van der Waals surface area (Å²) in [6, 6.07) is 10.9. The summed E-state index contributed by atoms with van der Waals surface area (Å²) < 4.78 is 7.57. The molecular formula is C22H23ClN4O. The minimum atomic E-state index is 0.136. The first-order chi connectivity index (χ1) is 13.5. The van der Waals surface area contributed by atoms with Crippen molar-refractivity contribution in [3.05, 3.63) is 64.9 Å². The van der Waals surface area contributed by atoms with Gasteiger partial charge in [0.25, 0.3) is 0 Å². The smallest absolute Gasteiger partial charge is 0.177 e. The topological polar surface area (TPSA) is 56.7 Å². The molecule has 3 aromatic heterocycles. The van der Waals surface area contributed by atoms with Gasteiger partial charge in [-0.1, -0.05) is 29.4 Å². The van der Waals surface area contributed by atoms with Crippen molar-refractivity contribution in [2.75, 3.05) is 5.88 Å². The number of aromatic nitrogens is 4. The highest BCUT2D eigenvalue weighted by Gasteiger charge is 2.18. The predicted molar refractivity (Wildman–Crippen MR) is 112 cm³/mol. The first-order valence-electron chi connectivity index (χ1n) is 9.42. The molecule has 5 nitrogen and oxygen atoms in total. The number of hydrogen-bond donors (Lipinski definition) is 0. The Morgan fingerprint density at radius 3 is 2.54 bits per heavy atom. The molecule has 28 heavy (non-hydrogen) atoms. The minimum Gasteiger partial charge on any atom is -0.361 e. The Labute approximate surface area is 169 Å². The number of halogens is 1. The van der Waals surface area contributed by atoms with E-state index < -0.39 is 0 Å². The third-order valence-electron chi connectivity index (χ3n) is 5.28. The Kier molecular flexibility index (Phi) is 4.94. The molecule has 0 fully saturated rings. The van der Waals surface area contributed by atoms with Crippen LogP contribution in [0.2, 0.25) is 0 Å². The number of imidazole rings is 1. The summed E-state index contributed by atoms with van der Waals surface area (Å²) >= 11 is 5.85. The van der Waals surface area contributed by atoms with E-state index in [1.54, 1.807) is 0 Å². The summed E-state index contributed by atoms with van der Waals surface area (Å²) in [6.07, 6.45) is 2.73. The molecule has 1 unspecified atom stereocenters. The number of alkyl halides is 1. The third kappa shape index (κ3) is 3.20. The number of nitrogens with zero attached hydrogens (tertiary/aromatic N) is 4. The lowest BCUT2D eigenvalue weighted by molar-refractivity contribution is 0.393. The van der Waals surface area contributed by atoms with Gasteiger partial charge in [-0.2, -0.15) is 0 Å². The molecule has 0 aliphatic carbocycles. The molecule has 0 N–H and O–H groups in total. The van der Waals surface area contributed by atoms with Crippen molar-refractivity contribution in [2.45, 2.75) is 40.2 Å². The minimum absolute atomic E-state index is 0.136. The fourth-order valence-electron chi connectivity index (χ4n) is 3.83. The highest BCUT2D eigenvalue weighted by Crippen LogP contribution is 2.31. The summed E-state index contributed by atoms with van der Waals surface area (Å²) in [4.78, 5) is 9.27. The van der Waals surface area contributed by atoms with Gasteiger partial charge in [-0.25, -0.2) is 9.97 Å². The van der Waals surface area contributed by atoms with Crippen LogP contribution >= 0.6 is 11.6 Å². The molecule has 0 spiro atoms. The van der Waals surface area contributed by atoms with Crippen molar-refractivity contribution < 1.29 is 4.52 Å². The van der Waals surface area contributed by atoms with Crippen LogP contribution in [0.4, 0.5) is 0 Å². The summed E-state index contributed by atoms with van der Waals surface area (Å²) in [7, 11) is 0. The second-order valence-corrected chi connectivity index (χ2v) is 7.53. The average molecular weight is 395 g/mol. The van der Waals surface area contributed by atoms with Crippen molar-refractivity contribution in [1.29, 1.82) is 0 Å². The van der Waals surface area contributed by atoms with E-state index in [9.17, 15) is 0 Å². The average Bonchev–Trinajstić information content (AvgIpc) is 3.19. The van der Waals surface area contributed by atoms with E-state index in [4.69, 9.17) is 16.1 Å². The van der Waals surface area contributed by atoms with Crippen LogP contribution < -0.4 is 0 Å². The third-order valence-corrected chi connectivity index (χ3v) is 5.47. The standard InChI is InChI=1S/C22H23ClN4O/c1-13-21(15(3)28-26-13)19-11-20-22(24-12-19)25-16(4)27(20)14(2)18-7-5-17(6-8-18)9-10-23/h5-8,11-12,14H,9-10H2,1-4H3. The first-order valence-corrected chi connectivity index (χ1v) is 9.95. The molecule has 0 radical (unpaired) electrons. The quantitative estimate of drug-likeness (QED) is 0.425. The highest BCUT2D eigenvalue weighted by atomic mass is 35.5. The van der Waals surface area contributed by atoms with Crippen LogP contribution in [-0.4, -0.2) is 25.6 Å². The number of rotatable bonds is 5. The van der Waals surface area contributed by atoms with Crippen molar-refractivity contribution in [3.8, 4) is 11.1 Å². The van der Waals surface area contributed by atoms with E-state index in [1.165, 1.54) is 11.1 Å². The lowest BCUT2D eigenvalue weighted by Crippen LogP contribution is -2.09. The number of benzene rings is 1. The van der Waals surface area contributed by atoms with E-state index >= 15 is 0 Å². The maximum Gasteiger partial charge on any atom is 0.177 e. The monoisotopic (exact) mass is 394 g/mol. The maximum atomic E-state index is 5.85. The van der Waals surface area contributed by atoms with E-state index in [1.807, 2.05) is 27.0 Å². The number of aryl methyl sites for hydroxylation is 4. The molecule has 1 atom stereocenters. The van der Waals surface area contributed by atoms with Crippen LogP contribution in [0.15, 0.2) is 41.1 Å². The molecule has 0 saturated carbocycles. The molecule has 0 bridgehead atoms. The van der Waals surface area contributed by atoms with Gasteiger partial charge in [0.05, 0.1) is 17.3 Å². The lowest BCUT2D eigenvalue weighted by atomic mass is 10.0. The van der Waals surface area contributed by atoms with E-state index in [0.717, 1.165) is 46.0 Å². The first kappa shape index (κ1) is 18.7. The molecule has 0 saturated heterocycles. The van der Waals surface area contributed by atoms with Gasteiger partial charge in [0, 0.05) is 23.2 Å². The fourth-order valence-corrected chi connectivity index (χ4v) is 4.05. The molecule has 1 aromatic carbocycles. The SMILES string of the molecule is Cc1noc(C)c1-c1cnc2nc(C)n(C(C)c3ccc(CCCl)cc3)c2c1. The van der Waals surface area contributed by atoms with E-state index in [0.29, 0.717) is 5.88 Å². The maximum absolute atomic E-state index is 5.85. The Morgan fingerprint density at radius 2 is 1.89 bits per heavy atom. The van der Waals surface area contributed by atoms with Crippen LogP contribution in [-0.2, 0) is 6.42 Å². The normalized spacial score (nSPS) is 12.6. The number of hydrogen-bond acceptors (Lipinski definition) is 4. The van der Waals surface area contributed by atoms with Crippen LogP contribution in [0.5, 0.6) is 0 Å². The Bertz CT molecular complexity index is 1110. The summed E-state index contributed by atoms with van der Waals surface area (Å²) in [5, 5.41) is 4.07. The van der Waals surface area contributed by atoms with Crippen LogP contribution in [0, 0.1) is 20.8 Å². The fraction of sp³-hybridized carbons (Fsp3) is 0.318. The number of pyridine rings is 1. The molecule has 3 heterocycles. The predicted octanol–water partition coefficient (Wildman–Crippen LogP) is 5.40. The highest BCUT2D eigenvalue weighted by molar-refractivity contribution is 6.17. The molecule has 0 aliphatic rings. The van der Waals surface area contributed by atoms with E-state index in [-0.39, 0.29) is 6.04 Å². The lowest BCUT2D eigenvalue weighted by Gasteiger charge is -2.17. The zero-order chi connectivity index (χ0) is 19.8. The molecule has 4 rings (SSSR count). The van der Waals surface area contributed by atoms with Crippen molar-refractivity contribution in [2.24, 2.45) is 0 Å². The summed E-state index contributed by atoms with van der Waals surface area (Å²) in [5.41, 5.74) is 7.09. The molecule has 0 amide bonds. The summed E-state index contributed by atoms with van der Waals surface area (Å²) in [5.74, 6) is 2.37. The second-order valence-electron chi connectivity index (χ2n) is 7.15. The molecule has 4 aromatic rings. The van der Waals surface area contributed by atoms with E-state index in [2.05, 4.69) is 56.9 Å². The number of fused-ring (bicyclic) bond motifs is 1. The van der Waals surface area contributed by atoms with Gasteiger partial charge in [0.2, 0.25) is 0 Å².